The molecule has 3 heteroatoms. The van der Waals surface area contributed by atoms with Crippen molar-refractivity contribution in [3.63, 3.8) is 0 Å². The van der Waals surface area contributed by atoms with Gasteiger partial charge in [-0.3, -0.25) is 0 Å². The Balaban J connectivity index is 2.00. The van der Waals surface area contributed by atoms with Gasteiger partial charge < -0.3 is 9.88 Å². The largest absolute Gasteiger partial charge is 0.331 e. The molecule has 1 aromatic rings. The van der Waals surface area contributed by atoms with E-state index in [9.17, 15) is 0 Å². The summed E-state index contributed by atoms with van der Waals surface area (Å²) in [5.74, 6) is 0.981. The van der Waals surface area contributed by atoms with Gasteiger partial charge in [-0.15, -0.1) is 0 Å². The number of nitrogens with zero attached hydrogens (tertiary/aromatic N) is 2. The quantitative estimate of drug-likeness (QED) is 0.774. The highest BCUT2D eigenvalue weighted by atomic mass is 15.1. The normalized spacial score (nSPS) is 18.4. The molecule has 78 valence electrons. The van der Waals surface area contributed by atoms with Crippen LogP contribution in [0.4, 0.5) is 0 Å². The molecule has 0 saturated heterocycles. The molecule has 1 aliphatic carbocycles. The van der Waals surface area contributed by atoms with Crippen LogP contribution in [0.5, 0.6) is 0 Å². The number of hydrogen-bond donors (Lipinski definition) is 1. The molecule has 1 aromatic heterocycles. The van der Waals surface area contributed by atoms with E-state index in [0.29, 0.717) is 6.04 Å². The summed E-state index contributed by atoms with van der Waals surface area (Å²) < 4.78 is 2.30. The van der Waals surface area contributed by atoms with E-state index in [0.717, 1.165) is 12.5 Å². The van der Waals surface area contributed by atoms with Crippen molar-refractivity contribution >= 4 is 0 Å². The van der Waals surface area contributed by atoms with Crippen LogP contribution in [0.15, 0.2) is 12.5 Å². The van der Waals surface area contributed by atoms with Crippen molar-refractivity contribution in [2.24, 2.45) is 5.92 Å². The van der Waals surface area contributed by atoms with Crippen molar-refractivity contribution in [1.29, 1.82) is 0 Å². The maximum atomic E-state index is 4.21. The molecule has 1 fully saturated rings. The van der Waals surface area contributed by atoms with E-state index in [4.69, 9.17) is 0 Å². The zero-order valence-electron chi connectivity index (χ0n) is 9.03. The van der Waals surface area contributed by atoms with Crippen molar-refractivity contribution < 1.29 is 0 Å². The van der Waals surface area contributed by atoms with Crippen molar-refractivity contribution in [1.82, 2.24) is 14.9 Å². The smallest absolute Gasteiger partial charge is 0.0951 e. The Hall–Kier alpha value is -0.830. The summed E-state index contributed by atoms with van der Waals surface area (Å²) in [6.07, 6.45) is 8.09. The summed E-state index contributed by atoms with van der Waals surface area (Å²) >= 11 is 0. The lowest BCUT2D eigenvalue weighted by molar-refractivity contribution is 0.460. The van der Waals surface area contributed by atoms with Crippen molar-refractivity contribution in [3.05, 3.63) is 18.2 Å². The predicted molar refractivity (Wildman–Crippen MR) is 57.0 cm³/mol. The van der Waals surface area contributed by atoms with Gasteiger partial charge in [0, 0.05) is 18.8 Å². The first-order valence-corrected chi connectivity index (χ1v) is 5.46. The van der Waals surface area contributed by atoms with Gasteiger partial charge in [-0.25, -0.2) is 4.98 Å². The maximum Gasteiger partial charge on any atom is 0.0951 e. The first-order valence-electron chi connectivity index (χ1n) is 5.46. The summed E-state index contributed by atoms with van der Waals surface area (Å²) in [5.41, 5.74) is 1.29. The van der Waals surface area contributed by atoms with Gasteiger partial charge in [-0.05, 0) is 26.3 Å². The monoisotopic (exact) mass is 193 g/mol. The minimum Gasteiger partial charge on any atom is -0.331 e. The fraction of sp³-hybridized carbons (Fsp3) is 0.727. The van der Waals surface area contributed by atoms with E-state index in [-0.39, 0.29) is 0 Å². The highest BCUT2D eigenvalue weighted by Gasteiger charge is 2.24. The van der Waals surface area contributed by atoms with Gasteiger partial charge in [-0.2, -0.15) is 0 Å². The minimum absolute atomic E-state index is 0.605. The Bertz CT molecular complexity index is 288. The molecular weight excluding hydrogens is 174 g/mol. The Labute approximate surface area is 85.5 Å². The van der Waals surface area contributed by atoms with E-state index in [1.807, 2.05) is 19.6 Å². The molecule has 1 heterocycles. The molecule has 3 nitrogen and oxygen atoms in total. The lowest BCUT2D eigenvalue weighted by atomic mass is 10.1. The van der Waals surface area contributed by atoms with Crippen LogP contribution in [0, 0.1) is 5.92 Å². The summed E-state index contributed by atoms with van der Waals surface area (Å²) in [6, 6.07) is 0.605. The van der Waals surface area contributed by atoms with E-state index in [1.165, 1.54) is 25.0 Å². The number of hydrogen-bond acceptors (Lipinski definition) is 2. The molecule has 0 aromatic carbocycles. The van der Waals surface area contributed by atoms with E-state index in [1.54, 1.807) is 0 Å². The Morgan fingerprint density at radius 2 is 2.43 bits per heavy atom. The Morgan fingerprint density at radius 3 is 3.07 bits per heavy atom. The zero-order valence-corrected chi connectivity index (χ0v) is 9.03. The van der Waals surface area contributed by atoms with Gasteiger partial charge in [0.1, 0.15) is 0 Å². The Kier molecular flexibility index (Phi) is 2.87. The van der Waals surface area contributed by atoms with Crippen molar-refractivity contribution in [2.45, 2.75) is 38.8 Å². The second-order valence-corrected chi connectivity index (χ2v) is 4.35. The lowest BCUT2D eigenvalue weighted by Crippen LogP contribution is -2.14. The second-order valence-electron chi connectivity index (χ2n) is 4.35. The highest BCUT2D eigenvalue weighted by molar-refractivity contribution is 5.00. The van der Waals surface area contributed by atoms with Crippen LogP contribution in [-0.2, 0) is 6.54 Å². The SMILES string of the molecule is CNCc1cncn1C(C)CC1CC1. The van der Waals surface area contributed by atoms with Gasteiger partial charge in [0.25, 0.3) is 0 Å². The maximum absolute atomic E-state index is 4.21. The molecule has 0 spiro atoms. The molecule has 1 N–H and O–H groups in total. The van der Waals surface area contributed by atoms with Gasteiger partial charge in [0.05, 0.1) is 12.0 Å². The van der Waals surface area contributed by atoms with Gasteiger partial charge in [0.15, 0.2) is 0 Å². The van der Waals surface area contributed by atoms with Crippen LogP contribution < -0.4 is 5.32 Å². The molecule has 0 bridgehead atoms. The minimum atomic E-state index is 0.605. The number of imidazole rings is 1. The fourth-order valence-corrected chi connectivity index (χ4v) is 2.00. The topological polar surface area (TPSA) is 29.9 Å². The molecular formula is C11H19N3. The average Bonchev–Trinajstić information content (AvgIpc) is 2.83. The average molecular weight is 193 g/mol. The molecule has 1 unspecified atom stereocenters. The number of aromatic nitrogens is 2. The molecule has 1 aliphatic rings. The first kappa shape index (κ1) is 9.71. The second kappa shape index (κ2) is 4.13. The van der Waals surface area contributed by atoms with E-state index in [2.05, 4.69) is 21.8 Å². The van der Waals surface area contributed by atoms with Crippen LogP contribution in [0.25, 0.3) is 0 Å². The summed E-state index contributed by atoms with van der Waals surface area (Å²) in [5, 5.41) is 3.17. The third-order valence-corrected chi connectivity index (χ3v) is 2.95. The lowest BCUT2D eigenvalue weighted by Gasteiger charge is -2.15. The first-order chi connectivity index (χ1) is 6.81. The standard InChI is InChI=1S/C11H19N3/c1-9(5-10-3-4-10)14-8-13-7-11(14)6-12-2/h7-10,12H,3-6H2,1-2H3. The third kappa shape index (κ3) is 2.15. The molecule has 1 atom stereocenters. The molecule has 14 heavy (non-hydrogen) atoms. The number of rotatable bonds is 5. The van der Waals surface area contributed by atoms with Crippen LogP contribution >= 0.6 is 0 Å². The van der Waals surface area contributed by atoms with Crippen LogP contribution in [0.3, 0.4) is 0 Å². The molecule has 1 saturated carbocycles. The highest BCUT2D eigenvalue weighted by Crippen LogP contribution is 2.36. The van der Waals surface area contributed by atoms with Crippen LogP contribution in [0.2, 0.25) is 0 Å². The van der Waals surface area contributed by atoms with E-state index < -0.39 is 0 Å². The predicted octanol–water partition coefficient (Wildman–Crippen LogP) is 1.96. The molecule has 0 amide bonds. The molecule has 0 aliphatic heterocycles. The van der Waals surface area contributed by atoms with Gasteiger partial charge >= 0.3 is 0 Å². The summed E-state index contributed by atoms with van der Waals surface area (Å²) in [7, 11) is 1.98. The van der Waals surface area contributed by atoms with Crippen LogP contribution in [0.1, 0.15) is 37.9 Å². The molecule has 2 rings (SSSR count). The fourth-order valence-electron chi connectivity index (χ4n) is 2.00. The van der Waals surface area contributed by atoms with Crippen molar-refractivity contribution in [3.8, 4) is 0 Å². The van der Waals surface area contributed by atoms with Crippen molar-refractivity contribution in [2.75, 3.05) is 7.05 Å². The number of nitrogens with one attached hydrogen (secondary N) is 1. The van der Waals surface area contributed by atoms with Gasteiger partial charge in [-0.1, -0.05) is 12.8 Å². The molecule has 0 radical (unpaired) electrons. The van der Waals surface area contributed by atoms with Crippen LogP contribution in [-0.4, -0.2) is 16.6 Å². The third-order valence-electron chi connectivity index (χ3n) is 2.95. The Morgan fingerprint density at radius 1 is 1.64 bits per heavy atom. The summed E-state index contributed by atoms with van der Waals surface area (Å²) in [6.45, 7) is 3.20. The van der Waals surface area contributed by atoms with Gasteiger partial charge in [0.2, 0.25) is 0 Å². The summed E-state index contributed by atoms with van der Waals surface area (Å²) in [4.78, 5) is 4.21. The van der Waals surface area contributed by atoms with E-state index >= 15 is 0 Å². The zero-order chi connectivity index (χ0) is 9.97.